The summed E-state index contributed by atoms with van der Waals surface area (Å²) in [6.07, 6.45) is 0. The van der Waals surface area contributed by atoms with E-state index < -0.39 is 5.97 Å². The number of nitrogens with zero attached hydrogens (tertiary/aromatic N) is 2. The summed E-state index contributed by atoms with van der Waals surface area (Å²) in [7, 11) is 0. The van der Waals surface area contributed by atoms with E-state index in [-0.39, 0.29) is 0 Å². The van der Waals surface area contributed by atoms with Crippen LogP contribution in [0, 0.1) is 20.8 Å². The number of aryl methyl sites for hydroxylation is 3. The SMILES string of the molecule is CCOC(=O)c1nc(C)c(C)nc1C. The molecule has 0 saturated heterocycles. The molecule has 1 rings (SSSR count). The Bertz CT molecular complexity index is 361. The quantitative estimate of drug-likeness (QED) is 0.671. The van der Waals surface area contributed by atoms with E-state index in [1.165, 1.54) is 0 Å². The van der Waals surface area contributed by atoms with Crippen molar-refractivity contribution >= 4 is 5.97 Å². The van der Waals surface area contributed by atoms with Crippen molar-refractivity contribution in [2.45, 2.75) is 27.7 Å². The van der Waals surface area contributed by atoms with Gasteiger partial charge in [-0.25, -0.2) is 9.78 Å². The largest absolute Gasteiger partial charge is 0.461 e. The lowest BCUT2D eigenvalue weighted by molar-refractivity contribution is 0.0517. The summed E-state index contributed by atoms with van der Waals surface area (Å²) in [5.74, 6) is -0.402. The first-order valence-corrected chi connectivity index (χ1v) is 4.55. The number of carbonyl (C=O) groups is 1. The van der Waals surface area contributed by atoms with Crippen molar-refractivity contribution in [3.05, 3.63) is 22.8 Å². The molecule has 0 saturated carbocycles. The van der Waals surface area contributed by atoms with Gasteiger partial charge in [-0.15, -0.1) is 0 Å². The van der Waals surface area contributed by atoms with Crippen LogP contribution in [0.1, 0.15) is 34.5 Å². The van der Waals surface area contributed by atoms with Crippen molar-refractivity contribution in [3.8, 4) is 0 Å². The maximum atomic E-state index is 11.4. The molecule has 0 unspecified atom stereocenters. The second kappa shape index (κ2) is 4.17. The summed E-state index contributed by atoms with van der Waals surface area (Å²) >= 11 is 0. The van der Waals surface area contributed by atoms with Crippen LogP contribution in [0.3, 0.4) is 0 Å². The van der Waals surface area contributed by atoms with E-state index in [2.05, 4.69) is 9.97 Å². The molecule has 0 aliphatic heterocycles. The molecule has 0 fully saturated rings. The van der Waals surface area contributed by atoms with Crippen LogP contribution in [0.2, 0.25) is 0 Å². The lowest BCUT2D eigenvalue weighted by Gasteiger charge is -2.06. The number of esters is 1. The molecule has 0 N–H and O–H groups in total. The Morgan fingerprint density at radius 1 is 1.14 bits per heavy atom. The monoisotopic (exact) mass is 194 g/mol. The number of aromatic nitrogens is 2. The first-order valence-electron chi connectivity index (χ1n) is 4.55. The number of ether oxygens (including phenoxy) is 1. The minimum Gasteiger partial charge on any atom is -0.461 e. The van der Waals surface area contributed by atoms with Crippen molar-refractivity contribution in [2.75, 3.05) is 6.61 Å². The molecule has 0 spiro atoms. The van der Waals surface area contributed by atoms with Crippen LogP contribution in [-0.4, -0.2) is 22.5 Å². The van der Waals surface area contributed by atoms with E-state index in [9.17, 15) is 4.79 Å². The van der Waals surface area contributed by atoms with Gasteiger partial charge in [-0.3, -0.25) is 4.98 Å². The summed E-state index contributed by atoms with van der Waals surface area (Å²) in [4.78, 5) is 19.8. The Balaban J connectivity index is 3.09. The predicted octanol–water partition coefficient (Wildman–Crippen LogP) is 1.58. The van der Waals surface area contributed by atoms with Gasteiger partial charge in [-0.2, -0.15) is 0 Å². The van der Waals surface area contributed by atoms with Crippen LogP contribution in [-0.2, 0) is 4.74 Å². The van der Waals surface area contributed by atoms with Crippen molar-refractivity contribution < 1.29 is 9.53 Å². The predicted molar refractivity (Wildman–Crippen MR) is 52.2 cm³/mol. The van der Waals surface area contributed by atoms with Crippen molar-refractivity contribution in [3.63, 3.8) is 0 Å². The fourth-order valence-corrected chi connectivity index (χ4v) is 1.11. The minimum absolute atomic E-state index is 0.315. The average Bonchev–Trinajstić information content (AvgIpc) is 2.11. The van der Waals surface area contributed by atoms with Gasteiger partial charge in [0.1, 0.15) is 0 Å². The van der Waals surface area contributed by atoms with E-state index in [1.807, 2.05) is 13.8 Å². The molecular weight excluding hydrogens is 180 g/mol. The van der Waals surface area contributed by atoms with E-state index in [0.717, 1.165) is 11.4 Å². The van der Waals surface area contributed by atoms with Gasteiger partial charge in [-0.1, -0.05) is 0 Å². The number of carbonyl (C=O) groups excluding carboxylic acids is 1. The Morgan fingerprint density at radius 2 is 1.71 bits per heavy atom. The van der Waals surface area contributed by atoms with Crippen molar-refractivity contribution in [1.29, 1.82) is 0 Å². The normalized spacial score (nSPS) is 10.0. The Kier molecular flexibility index (Phi) is 3.17. The Morgan fingerprint density at radius 3 is 2.29 bits per heavy atom. The molecule has 14 heavy (non-hydrogen) atoms. The summed E-state index contributed by atoms with van der Waals surface area (Å²) in [6, 6.07) is 0. The number of rotatable bonds is 2. The Hall–Kier alpha value is -1.45. The fraction of sp³-hybridized carbons (Fsp3) is 0.500. The molecule has 0 radical (unpaired) electrons. The van der Waals surface area contributed by atoms with Gasteiger partial charge in [-0.05, 0) is 27.7 Å². The van der Waals surface area contributed by atoms with Gasteiger partial charge in [0, 0.05) is 0 Å². The smallest absolute Gasteiger partial charge is 0.358 e. The van der Waals surface area contributed by atoms with Crippen LogP contribution >= 0.6 is 0 Å². The zero-order valence-corrected chi connectivity index (χ0v) is 8.92. The zero-order chi connectivity index (χ0) is 10.7. The van der Waals surface area contributed by atoms with Crippen molar-refractivity contribution in [1.82, 2.24) is 9.97 Å². The van der Waals surface area contributed by atoms with Gasteiger partial charge >= 0.3 is 5.97 Å². The minimum atomic E-state index is -0.402. The summed E-state index contributed by atoms with van der Waals surface area (Å²) in [6.45, 7) is 7.56. The van der Waals surface area contributed by atoms with Crippen molar-refractivity contribution in [2.24, 2.45) is 0 Å². The van der Waals surface area contributed by atoms with Gasteiger partial charge in [0.2, 0.25) is 0 Å². The van der Waals surface area contributed by atoms with Crippen LogP contribution in [0.4, 0.5) is 0 Å². The van der Waals surface area contributed by atoms with E-state index in [0.29, 0.717) is 18.0 Å². The average molecular weight is 194 g/mol. The lowest BCUT2D eigenvalue weighted by atomic mass is 10.2. The third-order valence-corrected chi connectivity index (χ3v) is 1.95. The molecule has 4 heteroatoms. The summed E-state index contributed by atoms with van der Waals surface area (Å²) in [5.41, 5.74) is 2.54. The molecule has 0 aliphatic rings. The molecule has 0 amide bonds. The van der Waals surface area contributed by atoms with Gasteiger partial charge in [0.15, 0.2) is 5.69 Å². The first-order chi connectivity index (χ1) is 6.56. The lowest BCUT2D eigenvalue weighted by Crippen LogP contribution is -2.12. The van der Waals surface area contributed by atoms with Crippen LogP contribution in [0.5, 0.6) is 0 Å². The topological polar surface area (TPSA) is 52.1 Å². The standard InChI is InChI=1S/C10H14N2O2/c1-5-14-10(13)9-8(4)11-6(2)7(3)12-9/h5H2,1-4H3. The van der Waals surface area contributed by atoms with Crippen LogP contribution in [0.25, 0.3) is 0 Å². The van der Waals surface area contributed by atoms with Crippen LogP contribution < -0.4 is 0 Å². The Labute approximate surface area is 83.3 Å². The van der Waals surface area contributed by atoms with E-state index >= 15 is 0 Å². The highest BCUT2D eigenvalue weighted by Crippen LogP contribution is 2.08. The highest BCUT2D eigenvalue weighted by molar-refractivity contribution is 5.88. The zero-order valence-electron chi connectivity index (χ0n) is 8.92. The molecule has 1 aromatic heterocycles. The van der Waals surface area contributed by atoms with Gasteiger partial charge in [0.05, 0.1) is 23.7 Å². The first kappa shape index (κ1) is 10.6. The third kappa shape index (κ3) is 2.07. The third-order valence-electron chi connectivity index (χ3n) is 1.95. The summed E-state index contributed by atoms with van der Waals surface area (Å²) in [5, 5.41) is 0. The van der Waals surface area contributed by atoms with Crippen LogP contribution in [0.15, 0.2) is 0 Å². The maximum absolute atomic E-state index is 11.4. The molecule has 0 aliphatic carbocycles. The second-order valence-corrected chi connectivity index (χ2v) is 3.05. The number of hydrogen-bond donors (Lipinski definition) is 0. The molecule has 76 valence electrons. The molecular formula is C10H14N2O2. The van der Waals surface area contributed by atoms with E-state index in [4.69, 9.17) is 4.74 Å². The summed E-state index contributed by atoms with van der Waals surface area (Å²) < 4.78 is 4.86. The molecule has 4 nitrogen and oxygen atoms in total. The maximum Gasteiger partial charge on any atom is 0.358 e. The molecule has 0 atom stereocenters. The van der Waals surface area contributed by atoms with Gasteiger partial charge < -0.3 is 4.74 Å². The van der Waals surface area contributed by atoms with E-state index in [1.54, 1.807) is 13.8 Å². The second-order valence-electron chi connectivity index (χ2n) is 3.05. The molecule has 0 bridgehead atoms. The highest BCUT2D eigenvalue weighted by Gasteiger charge is 2.14. The molecule has 0 aromatic carbocycles. The molecule has 1 aromatic rings. The molecule has 1 heterocycles. The highest BCUT2D eigenvalue weighted by atomic mass is 16.5. The number of hydrogen-bond acceptors (Lipinski definition) is 4. The van der Waals surface area contributed by atoms with Gasteiger partial charge in [0.25, 0.3) is 0 Å². The fourth-order valence-electron chi connectivity index (χ4n) is 1.11.